The minimum absolute atomic E-state index is 0.0463. The summed E-state index contributed by atoms with van der Waals surface area (Å²) in [4.78, 5) is 14.4. The number of piperidine rings is 1. The summed E-state index contributed by atoms with van der Waals surface area (Å²) >= 11 is 0. The number of hydrogen-bond donors (Lipinski definition) is 2. The number of phenolic OH excluding ortho intramolecular Hbond substituents is 1. The Bertz CT molecular complexity index is 473. The van der Waals surface area contributed by atoms with Gasteiger partial charge in [0.05, 0.1) is 5.56 Å². The average Bonchev–Trinajstić information content (AvgIpc) is 2.40. The van der Waals surface area contributed by atoms with Crippen molar-refractivity contribution in [3.8, 4) is 5.75 Å². The Hall–Kier alpha value is -1.55. The van der Waals surface area contributed by atoms with Gasteiger partial charge in [-0.15, -0.1) is 0 Å². The highest BCUT2D eigenvalue weighted by atomic mass is 16.3. The van der Waals surface area contributed by atoms with E-state index in [9.17, 15) is 9.90 Å². The van der Waals surface area contributed by atoms with Crippen LogP contribution in [0.25, 0.3) is 0 Å². The van der Waals surface area contributed by atoms with E-state index in [4.69, 9.17) is 5.73 Å². The largest absolute Gasteiger partial charge is 0.507 e. The summed E-state index contributed by atoms with van der Waals surface area (Å²) in [6.07, 6.45) is 1.93. The molecule has 19 heavy (non-hydrogen) atoms. The Balaban J connectivity index is 2.25. The molecule has 1 aromatic rings. The van der Waals surface area contributed by atoms with E-state index in [0.29, 0.717) is 18.0 Å². The molecule has 104 valence electrons. The fourth-order valence-electron chi connectivity index (χ4n) is 2.72. The third-order valence-electron chi connectivity index (χ3n) is 3.89. The maximum atomic E-state index is 12.6. The molecule has 0 bridgehead atoms. The van der Waals surface area contributed by atoms with Crippen LogP contribution in [0, 0.1) is 12.8 Å². The van der Waals surface area contributed by atoms with E-state index < -0.39 is 0 Å². The maximum absolute atomic E-state index is 12.6. The number of carbonyl (C=O) groups is 1. The molecule has 2 unspecified atom stereocenters. The third kappa shape index (κ3) is 2.89. The molecule has 0 aliphatic carbocycles. The lowest BCUT2D eigenvalue weighted by Gasteiger charge is -2.38. The lowest BCUT2D eigenvalue weighted by molar-refractivity contribution is 0.0570. The van der Waals surface area contributed by atoms with Crippen molar-refractivity contribution in [2.75, 3.05) is 13.1 Å². The first-order valence-electron chi connectivity index (χ1n) is 6.83. The highest BCUT2D eigenvalue weighted by Crippen LogP contribution is 2.26. The van der Waals surface area contributed by atoms with Crippen molar-refractivity contribution in [1.82, 2.24) is 4.90 Å². The van der Waals surface area contributed by atoms with Gasteiger partial charge in [-0.25, -0.2) is 0 Å². The number of likely N-dealkylation sites (tertiary alicyclic amines) is 1. The van der Waals surface area contributed by atoms with E-state index in [1.807, 2.05) is 11.8 Å². The van der Waals surface area contributed by atoms with Gasteiger partial charge in [-0.3, -0.25) is 4.79 Å². The van der Waals surface area contributed by atoms with Gasteiger partial charge < -0.3 is 15.7 Å². The van der Waals surface area contributed by atoms with E-state index in [1.54, 1.807) is 18.2 Å². The molecule has 4 nitrogen and oxygen atoms in total. The Kier molecular flexibility index (Phi) is 4.10. The second-order valence-electron chi connectivity index (χ2n) is 5.54. The highest BCUT2D eigenvalue weighted by molar-refractivity contribution is 5.97. The zero-order valence-electron chi connectivity index (χ0n) is 11.6. The summed E-state index contributed by atoms with van der Waals surface area (Å²) in [5, 5.41) is 9.87. The number of phenols is 1. The molecular formula is C15H22N2O2. The molecule has 1 fully saturated rings. The highest BCUT2D eigenvalue weighted by Gasteiger charge is 2.30. The zero-order chi connectivity index (χ0) is 14.0. The fraction of sp³-hybridized carbons (Fsp3) is 0.533. The summed E-state index contributed by atoms with van der Waals surface area (Å²) in [6.45, 7) is 5.29. The molecule has 2 atom stereocenters. The number of nitrogens with two attached hydrogens (primary N) is 1. The second-order valence-corrected chi connectivity index (χ2v) is 5.54. The van der Waals surface area contributed by atoms with Gasteiger partial charge in [0.1, 0.15) is 5.75 Å². The number of carbonyl (C=O) groups excluding carboxylic acids is 1. The van der Waals surface area contributed by atoms with Crippen molar-refractivity contribution >= 4 is 5.91 Å². The average molecular weight is 262 g/mol. The summed E-state index contributed by atoms with van der Waals surface area (Å²) in [5.41, 5.74) is 7.13. The Labute approximate surface area is 114 Å². The van der Waals surface area contributed by atoms with E-state index in [1.165, 1.54) is 0 Å². The first-order chi connectivity index (χ1) is 9.02. The van der Waals surface area contributed by atoms with Crippen LogP contribution >= 0.6 is 0 Å². The molecule has 1 heterocycles. The van der Waals surface area contributed by atoms with Crippen molar-refractivity contribution in [3.05, 3.63) is 29.3 Å². The predicted octanol–water partition coefficient (Wildman–Crippen LogP) is 1.90. The molecule has 1 aromatic carbocycles. The monoisotopic (exact) mass is 262 g/mol. The van der Waals surface area contributed by atoms with Crippen molar-refractivity contribution in [1.29, 1.82) is 0 Å². The Morgan fingerprint density at radius 1 is 1.53 bits per heavy atom. The van der Waals surface area contributed by atoms with Gasteiger partial charge in [0.25, 0.3) is 5.91 Å². The lowest BCUT2D eigenvalue weighted by atomic mass is 9.91. The van der Waals surface area contributed by atoms with E-state index in [-0.39, 0.29) is 17.7 Å². The van der Waals surface area contributed by atoms with Crippen LogP contribution in [-0.2, 0) is 0 Å². The summed E-state index contributed by atoms with van der Waals surface area (Å²) < 4.78 is 0. The Morgan fingerprint density at radius 3 is 2.95 bits per heavy atom. The molecule has 1 amide bonds. The van der Waals surface area contributed by atoms with Gasteiger partial charge in [-0.05, 0) is 37.8 Å². The van der Waals surface area contributed by atoms with Gasteiger partial charge in [-0.1, -0.05) is 18.6 Å². The van der Waals surface area contributed by atoms with Crippen LogP contribution in [-0.4, -0.2) is 35.0 Å². The minimum Gasteiger partial charge on any atom is -0.507 e. The molecule has 0 aromatic heterocycles. The van der Waals surface area contributed by atoms with Crippen LogP contribution in [0.5, 0.6) is 5.75 Å². The number of benzene rings is 1. The van der Waals surface area contributed by atoms with Gasteiger partial charge in [0, 0.05) is 19.1 Å². The molecule has 4 heteroatoms. The molecule has 1 aliphatic rings. The van der Waals surface area contributed by atoms with Crippen LogP contribution in [0.4, 0.5) is 0 Å². The smallest absolute Gasteiger partial charge is 0.257 e. The number of aromatic hydroxyl groups is 1. The van der Waals surface area contributed by atoms with Gasteiger partial charge in [0.15, 0.2) is 0 Å². The normalized spacial score (nSPS) is 23.4. The van der Waals surface area contributed by atoms with Crippen molar-refractivity contribution in [2.45, 2.75) is 32.7 Å². The van der Waals surface area contributed by atoms with Gasteiger partial charge in [-0.2, -0.15) is 0 Å². The van der Waals surface area contributed by atoms with Gasteiger partial charge in [0.2, 0.25) is 0 Å². The number of amides is 1. The maximum Gasteiger partial charge on any atom is 0.257 e. The molecule has 1 aliphatic heterocycles. The standard InChI is InChI=1S/C15H22N2O2/c1-10-3-4-14(18)13(8-10)15(19)17-6-5-11(2)7-12(17)9-16/h3-4,8,11-12,18H,5-7,9,16H2,1-2H3. The molecule has 1 saturated heterocycles. The summed E-state index contributed by atoms with van der Waals surface area (Å²) in [5.74, 6) is 0.539. The number of nitrogens with zero attached hydrogens (tertiary/aromatic N) is 1. The number of hydrogen-bond acceptors (Lipinski definition) is 3. The van der Waals surface area contributed by atoms with E-state index in [0.717, 1.165) is 24.9 Å². The van der Waals surface area contributed by atoms with Crippen LogP contribution < -0.4 is 5.73 Å². The van der Waals surface area contributed by atoms with Crippen LogP contribution in [0.2, 0.25) is 0 Å². The summed E-state index contributed by atoms with van der Waals surface area (Å²) in [6, 6.07) is 5.19. The SMILES string of the molecule is Cc1ccc(O)c(C(=O)N2CCC(C)CC2CN)c1. The second kappa shape index (κ2) is 5.61. The van der Waals surface area contributed by atoms with E-state index in [2.05, 4.69) is 6.92 Å². The van der Waals surface area contributed by atoms with Crippen molar-refractivity contribution in [2.24, 2.45) is 11.7 Å². The molecule has 3 N–H and O–H groups in total. The van der Waals surface area contributed by atoms with Crippen molar-refractivity contribution < 1.29 is 9.90 Å². The first-order valence-corrected chi connectivity index (χ1v) is 6.83. The first kappa shape index (κ1) is 13.9. The van der Waals surface area contributed by atoms with Crippen LogP contribution in [0.15, 0.2) is 18.2 Å². The van der Waals surface area contributed by atoms with Crippen LogP contribution in [0.3, 0.4) is 0 Å². The van der Waals surface area contributed by atoms with E-state index >= 15 is 0 Å². The quantitative estimate of drug-likeness (QED) is 0.855. The molecule has 0 saturated carbocycles. The zero-order valence-corrected chi connectivity index (χ0v) is 11.6. The molecule has 2 rings (SSSR count). The van der Waals surface area contributed by atoms with Gasteiger partial charge >= 0.3 is 0 Å². The minimum atomic E-state index is -0.108. The van der Waals surface area contributed by atoms with Crippen LogP contribution in [0.1, 0.15) is 35.7 Å². The topological polar surface area (TPSA) is 66.6 Å². The molecular weight excluding hydrogens is 240 g/mol. The summed E-state index contributed by atoms with van der Waals surface area (Å²) in [7, 11) is 0. The molecule has 0 radical (unpaired) electrons. The number of rotatable bonds is 2. The fourth-order valence-corrected chi connectivity index (χ4v) is 2.72. The van der Waals surface area contributed by atoms with Crippen molar-refractivity contribution in [3.63, 3.8) is 0 Å². The molecule has 0 spiro atoms. The predicted molar refractivity (Wildman–Crippen MR) is 75.1 cm³/mol. The Morgan fingerprint density at radius 2 is 2.26 bits per heavy atom. The lowest BCUT2D eigenvalue weighted by Crippen LogP contribution is -2.49. The number of aryl methyl sites for hydroxylation is 1. The third-order valence-corrected chi connectivity index (χ3v) is 3.89.